The van der Waals surface area contributed by atoms with Gasteiger partial charge in [-0.1, -0.05) is 24.6 Å². The van der Waals surface area contributed by atoms with Gasteiger partial charge in [0.25, 0.3) is 5.91 Å². The van der Waals surface area contributed by atoms with Crippen LogP contribution < -0.4 is 10.1 Å². The zero-order valence-corrected chi connectivity index (χ0v) is 23.4. The first-order chi connectivity index (χ1) is 21.3. The Bertz CT molecular complexity index is 1940. The first-order valence-electron chi connectivity index (χ1n) is 14.3. The molecule has 5 aromatic carbocycles. The summed E-state index contributed by atoms with van der Waals surface area (Å²) in [5.74, 6) is -0.614. The number of esters is 1. The van der Waals surface area contributed by atoms with Crippen molar-refractivity contribution >= 4 is 39.4 Å². The smallest absolute Gasteiger partial charge is 0.340 e. The van der Waals surface area contributed by atoms with Crippen LogP contribution in [0, 0.1) is 0 Å². The molecule has 2 aliphatic heterocycles. The van der Waals surface area contributed by atoms with Crippen LogP contribution in [0.15, 0.2) is 78.9 Å². The fourth-order valence-corrected chi connectivity index (χ4v) is 6.29. The van der Waals surface area contributed by atoms with Crippen LogP contribution in [0.4, 0.5) is 0 Å². The Labute approximate surface area is 251 Å². The van der Waals surface area contributed by atoms with Gasteiger partial charge in [0.2, 0.25) is 0 Å². The maximum atomic E-state index is 13.6. The molecule has 4 N–H and O–H groups in total. The minimum absolute atomic E-state index is 0.0937. The van der Waals surface area contributed by atoms with E-state index in [-0.39, 0.29) is 29.4 Å². The van der Waals surface area contributed by atoms with Crippen LogP contribution in [-0.4, -0.2) is 39.7 Å². The Morgan fingerprint density at radius 2 is 1.34 bits per heavy atom. The molecule has 2 aliphatic rings. The molecule has 9 nitrogen and oxygen atoms in total. The van der Waals surface area contributed by atoms with E-state index in [0.29, 0.717) is 70.3 Å². The third-order valence-electron chi connectivity index (χ3n) is 8.35. The summed E-state index contributed by atoms with van der Waals surface area (Å²) in [6.07, 6.45) is 1.95. The topological polar surface area (TPSA) is 142 Å². The number of phenols is 2. The van der Waals surface area contributed by atoms with Gasteiger partial charge in [0.05, 0.1) is 5.56 Å². The number of phenolic OH excluding ortho intramolecular Hbond substituents is 2. The van der Waals surface area contributed by atoms with Crippen molar-refractivity contribution in [2.24, 2.45) is 0 Å². The summed E-state index contributed by atoms with van der Waals surface area (Å²) < 4.78 is 13.0. The van der Waals surface area contributed by atoms with Gasteiger partial charge in [-0.2, -0.15) is 0 Å². The standard InChI is InChI=1S/C35H27NO8/c37-22-8-10-24-19(16-22)5-13-28-31(24)43-32-25-11-9-23(38)17-20(25)6-14-29(32)35(28)27-12-7-21(18-26(27)34(42)44-35)33(41)36-15-3-1-2-4-30(39)40/h5-14,16-18,37-38H,1-4,15H2,(H,36,41)(H,39,40). The fraction of sp³-hybridized carbons (Fsp3) is 0.171. The third-order valence-corrected chi connectivity index (χ3v) is 8.35. The number of hydrogen-bond acceptors (Lipinski definition) is 7. The highest BCUT2D eigenvalue weighted by Crippen LogP contribution is 2.59. The van der Waals surface area contributed by atoms with Crippen LogP contribution in [0.2, 0.25) is 0 Å². The molecular weight excluding hydrogens is 562 g/mol. The molecule has 0 atom stereocenters. The van der Waals surface area contributed by atoms with Crippen molar-refractivity contribution in [2.75, 3.05) is 6.54 Å². The second-order valence-electron chi connectivity index (χ2n) is 11.1. The number of carbonyl (C=O) groups is 3. The summed E-state index contributed by atoms with van der Waals surface area (Å²) in [6, 6.07) is 22.2. The number of amides is 1. The van der Waals surface area contributed by atoms with Crippen molar-refractivity contribution in [1.82, 2.24) is 5.32 Å². The first-order valence-corrected chi connectivity index (χ1v) is 14.3. The lowest BCUT2D eigenvalue weighted by atomic mass is 9.76. The monoisotopic (exact) mass is 589 g/mol. The Kier molecular flexibility index (Phi) is 6.39. The van der Waals surface area contributed by atoms with Crippen molar-refractivity contribution in [2.45, 2.75) is 31.3 Å². The quantitative estimate of drug-likeness (QED) is 0.127. The molecule has 9 heteroatoms. The zero-order chi connectivity index (χ0) is 30.6. The second kappa shape index (κ2) is 10.3. The highest BCUT2D eigenvalue weighted by atomic mass is 16.6. The maximum Gasteiger partial charge on any atom is 0.340 e. The normalized spacial score (nSPS) is 14.0. The number of ether oxygens (including phenoxy) is 2. The molecule has 7 rings (SSSR count). The number of unbranched alkanes of at least 4 members (excludes halogenated alkanes) is 2. The van der Waals surface area contributed by atoms with E-state index in [1.54, 1.807) is 54.6 Å². The Morgan fingerprint density at radius 3 is 1.95 bits per heavy atom. The van der Waals surface area contributed by atoms with E-state index in [2.05, 4.69) is 5.32 Å². The van der Waals surface area contributed by atoms with Gasteiger partial charge in [-0.05, 0) is 84.3 Å². The summed E-state index contributed by atoms with van der Waals surface area (Å²) >= 11 is 0. The van der Waals surface area contributed by atoms with Gasteiger partial charge in [-0.25, -0.2) is 4.79 Å². The molecule has 0 bridgehead atoms. The molecular formula is C35H27NO8. The van der Waals surface area contributed by atoms with Crippen LogP contribution in [-0.2, 0) is 15.1 Å². The molecule has 0 saturated carbocycles. The molecule has 1 amide bonds. The number of benzene rings is 5. The van der Waals surface area contributed by atoms with Crippen LogP contribution in [0.1, 0.15) is 63.1 Å². The van der Waals surface area contributed by atoms with E-state index in [4.69, 9.17) is 14.6 Å². The van der Waals surface area contributed by atoms with E-state index in [1.165, 1.54) is 0 Å². The third kappa shape index (κ3) is 4.27. The predicted octanol–water partition coefficient (Wildman–Crippen LogP) is 6.35. The molecule has 2 heterocycles. The largest absolute Gasteiger partial charge is 0.508 e. The average molecular weight is 590 g/mol. The van der Waals surface area contributed by atoms with Crippen molar-refractivity contribution in [3.63, 3.8) is 0 Å². The van der Waals surface area contributed by atoms with Crippen LogP contribution in [0.5, 0.6) is 23.0 Å². The number of nitrogens with one attached hydrogen (secondary N) is 1. The molecule has 0 aromatic heterocycles. The van der Waals surface area contributed by atoms with E-state index >= 15 is 0 Å². The lowest BCUT2D eigenvalue weighted by Crippen LogP contribution is -2.33. The maximum absolute atomic E-state index is 13.6. The number of hydrogen-bond donors (Lipinski definition) is 4. The average Bonchev–Trinajstić information content (AvgIpc) is 3.29. The summed E-state index contributed by atoms with van der Waals surface area (Å²) in [5, 5.41) is 34.8. The van der Waals surface area contributed by atoms with Crippen LogP contribution in [0.25, 0.3) is 21.5 Å². The van der Waals surface area contributed by atoms with Gasteiger partial charge in [0, 0.05) is 46.0 Å². The van der Waals surface area contributed by atoms with Gasteiger partial charge in [-0.15, -0.1) is 0 Å². The van der Waals surface area contributed by atoms with Crippen molar-refractivity contribution < 1.29 is 39.2 Å². The van der Waals surface area contributed by atoms with Gasteiger partial charge in [-0.3, -0.25) is 9.59 Å². The van der Waals surface area contributed by atoms with Gasteiger partial charge in [0.15, 0.2) is 5.60 Å². The van der Waals surface area contributed by atoms with Crippen molar-refractivity contribution in [1.29, 1.82) is 0 Å². The minimum atomic E-state index is -1.38. The van der Waals surface area contributed by atoms with E-state index in [9.17, 15) is 24.6 Å². The lowest BCUT2D eigenvalue weighted by Gasteiger charge is -2.37. The van der Waals surface area contributed by atoms with E-state index in [1.807, 2.05) is 24.3 Å². The molecule has 220 valence electrons. The number of fused-ring (bicyclic) bond motifs is 10. The summed E-state index contributed by atoms with van der Waals surface area (Å²) in [4.78, 5) is 37.3. The number of carboxylic acid groups (broad SMARTS) is 1. The first kappa shape index (κ1) is 27.3. The number of carbonyl (C=O) groups excluding carboxylic acids is 2. The summed E-state index contributed by atoms with van der Waals surface area (Å²) in [7, 11) is 0. The molecule has 0 fully saturated rings. The van der Waals surface area contributed by atoms with Gasteiger partial charge < -0.3 is 30.1 Å². The molecule has 5 aromatic rings. The van der Waals surface area contributed by atoms with Gasteiger partial charge >= 0.3 is 11.9 Å². The number of rotatable bonds is 7. The van der Waals surface area contributed by atoms with Crippen molar-refractivity contribution in [3.8, 4) is 23.0 Å². The Hall–Kier alpha value is -5.57. The number of carboxylic acids is 1. The van der Waals surface area contributed by atoms with E-state index < -0.39 is 17.5 Å². The lowest BCUT2D eigenvalue weighted by molar-refractivity contribution is -0.137. The molecule has 0 aliphatic carbocycles. The minimum Gasteiger partial charge on any atom is -0.508 e. The second-order valence-corrected chi connectivity index (χ2v) is 11.1. The molecule has 1 spiro atoms. The Balaban J connectivity index is 1.33. The molecule has 0 saturated heterocycles. The summed E-state index contributed by atoms with van der Waals surface area (Å²) in [6.45, 7) is 0.382. The molecule has 0 radical (unpaired) electrons. The number of aromatic hydroxyl groups is 2. The van der Waals surface area contributed by atoms with Crippen LogP contribution >= 0.6 is 0 Å². The zero-order valence-electron chi connectivity index (χ0n) is 23.4. The van der Waals surface area contributed by atoms with Crippen LogP contribution in [0.3, 0.4) is 0 Å². The molecule has 44 heavy (non-hydrogen) atoms. The fourth-order valence-electron chi connectivity index (χ4n) is 6.29. The Morgan fingerprint density at radius 1 is 0.727 bits per heavy atom. The molecule has 0 unspecified atom stereocenters. The van der Waals surface area contributed by atoms with E-state index in [0.717, 1.165) is 10.8 Å². The van der Waals surface area contributed by atoms with Crippen molar-refractivity contribution in [3.05, 3.63) is 107 Å². The highest BCUT2D eigenvalue weighted by molar-refractivity contribution is 6.03. The summed E-state index contributed by atoms with van der Waals surface area (Å²) in [5.41, 5.74) is 0.953. The van der Waals surface area contributed by atoms with Gasteiger partial charge in [0.1, 0.15) is 23.0 Å². The SMILES string of the molecule is O=C(O)CCCCCNC(=O)c1ccc2c(c1)C(=O)OC21c2ccc3cc(O)ccc3c2Oc2c1ccc1cc(O)ccc21. The highest BCUT2D eigenvalue weighted by Gasteiger charge is 2.54. The number of aliphatic carboxylic acids is 1. The predicted molar refractivity (Wildman–Crippen MR) is 161 cm³/mol.